The molecule has 1 aliphatic rings. The van der Waals surface area contributed by atoms with E-state index in [1.54, 1.807) is 4.52 Å². The number of hydrogen-bond acceptors (Lipinski definition) is 5. The normalized spacial score (nSPS) is 13.2. The van der Waals surface area contributed by atoms with E-state index in [0.717, 1.165) is 17.0 Å². The third-order valence-electron chi connectivity index (χ3n) is 3.75. The Morgan fingerprint density at radius 1 is 1.17 bits per heavy atom. The molecular weight excluding hydrogens is 330 g/mol. The molecule has 4 rings (SSSR count). The van der Waals surface area contributed by atoms with E-state index >= 15 is 0 Å². The van der Waals surface area contributed by atoms with Gasteiger partial charge in [-0.25, -0.2) is 9.50 Å². The van der Waals surface area contributed by atoms with Crippen LogP contribution in [0.15, 0.2) is 36.4 Å². The van der Waals surface area contributed by atoms with E-state index in [-0.39, 0.29) is 18.1 Å². The van der Waals surface area contributed by atoms with Crippen molar-refractivity contribution in [2.24, 2.45) is 0 Å². The summed E-state index contributed by atoms with van der Waals surface area (Å²) in [5, 5.41) is 4.44. The number of ketones is 1. The SMILES string of the molecule is O=C(CCl)Cc1nc2cccc(-c3ccc4c(c3)OCCO4)n2n1. The number of Topliss-reactive ketones (excluding diaryl/α,β-unsaturated/α-hetero) is 1. The topological polar surface area (TPSA) is 65.7 Å². The number of pyridine rings is 1. The first-order valence-electron chi connectivity index (χ1n) is 7.57. The third kappa shape index (κ3) is 2.69. The van der Waals surface area contributed by atoms with Gasteiger partial charge in [-0.2, -0.15) is 5.10 Å². The number of ether oxygens (including phenoxy) is 2. The van der Waals surface area contributed by atoms with Crippen LogP contribution < -0.4 is 9.47 Å². The Kier molecular flexibility index (Phi) is 3.82. The molecule has 122 valence electrons. The average Bonchev–Trinajstić information content (AvgIpc) is 3.03. The second kappa shape index (κ2) is 6.13. The fourth-order valence-corrected chi connectivity index (χ4v) is 2.76. The first-order valence-corrected chi connectivity index (χ1v) is 8.10. The largest absolute Gasteiger partial charge is 0.486 e. The average molecular weight is 344 g/mol. The van der Waals surface area contributed by atoms with Gasteiger partial charge in [0.25, 0.3) is 0 Å². The summed E-state index contributed by atoms with van der Waals surface area (Å²) in [6.45, 7) is 1.09. The molecule has 0 radical (unpaired) electrons. The summed E-state index contributed by atoms with van der Waals surface area (Å²) in [5.74, 6) is 1.78. The molecule has 2 aromatic heterocycles. The van der Waals surface area contributed by atoms with Crippen LogP contribution in [0.25, 0.3) is 16.9 Å². The summed E-state index contributed by atoms with van der Waals surface area (Å²) in [4.78, 5) is 15.9. The second-order valence-electron chi connectivity index (χ2n) is 5.42. The highest BCUT2D eigenvalue weighted by atomic mass is 35.5. The Bertz CT molecular complexity index is 923. The van der Waals surface area contributed by atoms with Crippen LogP contribution in [0.2, 0.25) is 0 Å². The molecule has 24 heavy (non-hydrogen) atoms. The molecule has 0 saturated carbocycles. The van der Waals surface area contributed by atoms with E-state index in [4.69, 9.17) is 21.1 Å². The maximum atomic E-state index is 11.5. The van der Waals surface area contributed by atoms with Crippen LogP contribution in [0.5, 0.6) is 11.5 Å². The lowest BCUT2D eigenvalue weighted by Gasteiger charge is -2.19. The minimum Gasteiger partial charge on any atom is -0.486 e. The van der Waals surface area contributed by atoms with E-state index in [1.165, 1.54) is 0 Å². The van der Waals surface area contributed by atoms with E-state index < -0.39 is 0 Å². The van der Waals surface area contributed by atoms with Gasteiger partial charge >= 0.3 is 0 Å². The highest BCUT2D eigenvalue weighted by Gasteiger charge is 2.15. The molecule has 7 heteroatoms. The van der Waals surface area contributed by atoms with Crippen molar-refractivity contribution < 1.29 is 14.3 Å². The van der Waals surface area contributed by atoms with E-state index in [2.05, 4.69) is 10.1 Å². The molecule has 1 aliphatic heterocycles. The highest BCUT2D eigenvalue weighted by Crippen LogP contribution is 2.34. The number of rotatable bonds is 4. The highest BCUT2D eigenvalue weighted by molar-refractivity contribution is 6.27. The summed E-state index contributed by atoms with van der Waals surface area (Å²) in [7, 11) is 0. The Hall–Kier alpha value is -2.60. The van der Waals surface area contributed by atoms with Gasteiger partial charge < -0.3 is 9.47 Å². The number of alkyl halides is 1. The number of benzene rings is 1. The number of halogens is 1. The number of fused-ring (bicyclic) bond motifs is 2. The first-order chi connectivity index (χ1) is 11.7. The van der Waals surface area contributed by atoms with Crippen molar-refractivity contribution in [2.75, 3.05) is 19.1 Å². The van der Waals surface area contributed by atoms with Crippen LogP contribution >= 0.6 is 11.6 Å². The molecule has 0 spiro atoms. The van der Waals surface area contributed by atoms with Crippen molar-refractivity contribution in [1.82, 2.24) is 14.6 Å². The molecule has 0 fully saturated rings. The van der Waals surface area contributed by atoms with E-state index in [1.807, 2.05) is 36.4 Å². The summed E-state index contributed by atoms with van der Waals surface area (Å²) in [6, 6.07) is 11.5. The molecule has 0 aliphatic carbocycles. The zero-order valence-corrected chi connectivity index (χ0v) is 13.5. The van der Waals surface area contributed by atoms with Gasteiger partial charge in [-0.3, -0.25) is 4.79 Å². The number of aromatic nitrogens is 3. The standard InChI is InChI=1S/C17H14ClN3O3/c18-10-12(22)9-16-19-17-3-1-2-13(21(17)20-16)11-4-5-14-15(8-11)24-7-6-23-14/h1-5,8H,6-7,9-10H2. The number of carbonyl (C=O) groups excluding carboxylic acids is 1. The molecule has 0 atom stereocenters. The van der Waals surface area contributed by atoms with E-state index in [0.29, 0.717) is 30.4 Å². The van der Waals surface area contributed by atoms with Gasteiger partial charge in [0.05, 0.1) is 18.0 Å². The van der Waals surface area contributed by atoms with Crippen molar-refractivity contribution in [3.05, 3.63) is 42.2 Å². The van der Waals surface area contributed by atoms with Crippen LogP contribution in [-0.4, -0.2) is 39.5 Å². The van der Waals surface area contributed by atoms with Gasteiger partial charge in [0.1, 0.15) is 13.2 Å². The van der Waals surface area contributed by atoms with Gasteiger partial charge in [-0.05, 0) is 30.3 Å². The summed E-state index contributed by atoms with van der Waals surface area (Å²) >= 11 is 5.56. The number of carbonyl (C=O) groups is 1. The fourth-order valence-electron chi connectivity index (χ4n) is 2.67. The molecule has 0 unspecified atom stereocenters. The Morgan fingerprint density at radius 2 is 2.00 bits per heavy atom. The molecule has 3 aromatic rings. The summed E-state index contributed by atoms with van der Waals surface area (Å²) in [5.41, 5.74) is 2.48. The van der Waals surface area contributed by atoms with Gasteiger partial charge in [0, 0.05) is 5.56 Å². The van der Waals surface area contributed by atoms with Crippen molar-refractivity contribution >= 4 is 23.0 Å². The zero-order chi connectivity index (χ0) is 16.5. The molecule has 0 bridgehead atoms. The quantitative estimate of drug-likeness (QED) is 0.681. The Balaban J connectivity index is 1.77. The lowest BCUT2D eigenvalue weighted by Crippen LogP contribution is -2.15. The molecule has 0 N–H and O–H groups in total. The molecule has 0 amide bonds. The van der Waals surface area contributed by atoms with Crippen molar-refractivity contribution in [3.8, 4) is 22.8 Å². The van der Waals surface area contributed by atoms with Crippen molar-refractivity contribution in [2.45, 2.75) is 6.42 Å². The van der Waals surface area contributed by atoms with Gasteiger partial charge in [0.2, 0.25) is 0 Å². The molecule has 1 aromatic carbocycles. The van der Waals surface area contributed by atoms with Crippen LogP contribution in [-0.2, 0) is 11.2 Å². The smallest absolute Gasteiger partial charge is 0.162 e. The van der Waals surface area contributed by atoms with Crippen molar-refractivity contribution in [1.29, 1.82) is 0 Å². The minimum absolute atomic E-state index is 0.0371. The molecule has 0 saturated heterocycles. The van der Waals surface area contributed by atoms with Gasteiger partial charge in [-0.15, -0.1) is 11.6 Å². The predicted octanol–water partition coefficient (Wildman–Crippen LogP) is 2.52. The van der Waals surface area contributed by atoms with Gasteiger partial charge in [0.15, 0.2) is 28.8 Å². The molecular formula is C17H14ClN3O3. The number of nitrogens with zero attached hydrogens (tertiary/aromatic N) is 3. The Labute approximate surface area is 143 Å². The number of hydrogen-bond donors (Lipinski definition) is 0. The van der Waals surface area contributed by atoms with Crippen LogP contribution in [0, 0.1) is 0 Å². The second-order valence-corrected chi connectivity index (χ2v) is 5.68. The molecule has 3 heterocycles. The van der Waals surface area contributed by atoms with Crippen LogP contribution in [0.4, 0.5) is 0 Å². The summed E-state index contributed by atoms with van der Waals surface area (Å²) < 4.78 is 12.9. The van der Waals surface area contributed by atoms with Crippen LogP contribution in [0.3, 0.4) is 0 Å². The lowest BCUT2D eigenvalue weighted by atomic mass is 10.1. The summed E-state index contributed by atoms with van der Waals surface area (Å²) in [6.07, 6.45) is 0.131. The monoisotopic (exact) mass is 343 g/mol. The van der Waals surface area contributed by atoms with Crippen LogP contribution in [0.1, 0.15) is 5.82 Å². The van der Waals surface area contributed by atoms with E-state index in [9.17, 15) is 4.79 Å². The predicted molar refractivity (Wildman–Crippen MR) is 88.8 cm³/mol. The lowest BCUT2D eigenvalue weighted by molar-refractivity contribution is -0.116. The molecule has 6 nitrogen and oxygen atoms in total. The van der Waals surface area contributed by atoms with Gasteiger partial charge in [-0.1, -0.05) is 6.07 Å². The maximum Gasteiger partial charge on any atom is 0.162 e. The third-order valence-corrected chi connectivity index (χ3v) is 4.04. The first kappa shape index (κ1) is 15.0. The van der Waals surface area contributed by atoms with Crippen molar-refractivity contribution in [3.63, 3.8) is 0 Å². The zero-order valence-electron chi connectivity index (χ0n) is 12.7. The minimum atomic E-state index is -0.103. The fraction of sp³-hybridized carbons (Fsp3) is 0.235. The Morgan fingerprint density at radius 3 is 2.83 bits per heavy atom. The maximum absolute atomic E-state index is 11.5.